The van der Waals surface area contributed by atoms with Crippen LogP contribution in [0.25, 0.3) is 6.08 Å². The third kappa shape index (κ3) is 5.27. The zero-order valence-corrected chi connectivity index (χ0v) is 17.8. The number of carbonyl (C=O) groups is 1. The van der Waals surface area contributed by atoms with Gasteiger partial charge in [0.1, 0.15) is 23.5 Å². The Morgan fingerprint density at radius 2 is 2.04 bits per heavy atom. The summed E-state index contributed by atoms with van der Waals surface area (Å²) in [6.07, 6.45) is 5.59. The Kier molecular flexibility index (Phi) is 6.45. The van der Waals surface area contributed by atoms with Gasteiger partial charge < -0.3 is 14.0 Å². The van der Waals surface area contributed by atoms with Gasteiger partial charge in [0.05, 0.1) is 6.10 Å². The van der Waals surface area contributed by atoms with E-state index in [1.54, 1.807) is 13.0 Å². The van der Waals surface area contributed by atoms with Crippen LogP contribution in [0.15, 0.2) is 24.3 Å². The van der Waals surface area contributed by atoms with Crippen molar-refractivity contribution in [1.82, 2.24) is 0 Å². The Morgan fingerprint density at radius 1 is 1.35 bits per heavy atom. The van der Waals surface area contributed by atoms with Crippen molar-refractivity contribution in [3.05, 3.63) is 35.7 Å². The number of halogens is 1. The van der Waals surface area contributed by atoms with E-state index in [4.69, 9.17) is 9.16 Å². The van der Waals surface area contributed by atoms with E-state index in [9.17, 15) is 9.18 Å². The van der Waals surface area contributed by atoms with Gasteiger partial charge in [-0.15, -0.1) is 0 Å². The minimum atomic E-state index is -1.99. The summed E-state index contributed by atoms with van der Waals surface area (Å²) in [5.74, 6) is 0.595. The molecule has 0 unspecified atom stereocenters. The summed E-state index contributed by atoms with van der Waals surface area (Å²) in [5, 5.41) is 0.0885. The van der Waals surface area contributed by atoms with Gasteiger partial charge in [-0.25, -0.2) is 4.39 Å². The van der Waals surface area contributed by atoms with E-state index in [2.05, 4.69) is 33.9 Å². The predicted molar refractivity (Wildman–Crippen MR) is 106 cm³/mol. The molecule has 0 bridgehead atoms. The molecule has 0 amide bonds. The fraction of sp³-hybridized carbons (Fsp3) is 0.571. The first kappa shape index (κ1) is 20.8. The van der Waals surface area contributed by atoms with Crippen molar-refractivity contribution < 1.29 is 18.3 Å². The molecule has 2 rings (SSSR count). The smallest absolute Gasteiger partial charge is 0.192 e. The van der Waals surface area contributed by atoms with Crippen LogP contribution in [0.4, 0.5) is 4.39 Å². The predicted octanol–water partition coefficient (Wildman–Crippen LogP) is 5.75. The van der Waals surface area contributed by atoms with Crippen molar-refractivity contribution >= 4 is 20.2 Å². The van der Waals surface area contributed by atoms with Crippen LogP contribution in [0.5, 0.6) is 5.75 Å². The van der Waals surface area contributed by atoms with Crippen molar-refractivity contribution in [2.75, 3.05) is 0 Å². The highest BCUT2D eigenvalue weighted by atomic mass is 28.4. The molecule has 1 aliphatic rings. The molecule has 0 spiro atoms. The van der Waals surface area contributed by atoms with Gasteiger partial charge in [0.2, 0.25) is 0 Å². The molecule has 0 N–H and O–H groups in total. The molecule has 1 aliphatic heterocycles. The lowest BCUT2D eigenvalue weighted by molar-refractivity contribution is -0.117. The maximum absolute atomic E-state index is 13.4. The lowest BCUT2D eigenvalue weighted by atomic mass is 10.0. The van der Waals surface area contributed by atoms with Crippen LogP contribution in [0.1, 0.15) is 52.5 Å². The summed E-state index contributed by atoms with van der Waals surface area (Å²) >= 11 is 0. The number of hydrogen-bond donors (Lipinski definition) is 0. The zero-order chi connectivity index (χ0) is 19.5. The number of fused-ring (bicyclic) bond motifs is 1. The molecule has 2 atom stereocenters. The topological polar surface area (TPSA) is 35.5 Å². The van der Waals surface area contributed by atoms with Crippen LogP contribution >= 0.6 is 0 Å². The normalized spacial score (nSPS) is 18.2. The first-order valence-electron chi connectivity index (χ1n) is 9.31. The van der Waals surface area contributed by atoms with Gasteiger partial charge in [0.15, 0.2) is 8.32 Å². The standard InChI is InChI=1S/C21H31FO3Si/c1-15(23)8-7-9-20(25-26(5,6)21(2,3)4)19-12-10-16-14-17(22)11-13-18(16)24-19/h10-14,19-20H,7-9H2,1-6H3/t19-,20-/m1/s1. The Hall–Kier alpha value is -1.46. The summed E-state index contributed by atoms with van der Waals surface area (Å²) in [5.41, 5.74) is 0.746. The molecule has 1 aromatic carbocycles. The lowest BCUT2D eigenvalue weighted by Crippen LogP contribution is -2.48. The molecule has 0 radical (unpaired) electrons. The number of hydrogen-bond acceptors (Lipinski definition) is 3. The second-order valence-electron chi connectivity index (χ2n) is 8.63. The van der Waals surface area contributed by atoms with Gasteiger partial charge in [-0.2, -0.15) is 0 Å². The zero-order valence-electron chi connectivity index (χ0n) is 16.8. The van der Waals surface area contributed by atoms with E-state index in [1.165, 1.54) is 12.1 Å². The fourth-order valence-electron chi connectivity index (χ4n) is 2.74. The average molecular weight is 379 g/mol. The number of ether oxygens (including phenoxy) is 1. The number of benzene rings is 1. The first-order chi connectivity index (χ1) is 12.0. The van der Waals surface area contributed by atoms with Crippen LogP contribution in [0, 0.1) is 5.82 Å². The Balaban J connectivity index is 2.18. The number of rotatable bonds is 7. The average Bonchev–Trinajstić information content (AvgIpc) is 2.52. The van der Waals surface area contributed by atoms with Gasteiger partial charge >= 0.3 is 0 Å². The minimum absolute atomic E-state index is 0.0885. The quantitative estimate of drug-likeness (QED) is 0.567. The van der Waals surface area contributed by atoms with E-state index < -0.39 is 8.32 Å². The van der Waals surface area contributed by atoms with E-state index in [1.807, 2.05) is 12.2 Å². The van der Waals surface area contributed by atoms with Crippen LogP contribution in [0.2, 0.25) is 18.1 Å². The molecule has 1 aromatic rings. The van der Waals surface area contributed by atoms with Crippen molar-refractivity contribution in [1.29, 1.82) is 0 Å². The third-order valence-corrected chi connectivity index (χ3v) is 9.84. The minimum Gasteiger partial charge on any atom is -0.483 e. The van der Waals surface area contributed by atoms with Crippen LogP contribution in [-0.4, -0.2) is 26.3 Å². The molecule has 1 heterocycles. The van der Waals surface area contributed by atoms with Crippen molar-refractivity contribution in [2.24, 2.45) is 0 Å². The van der Waals surface area contributed by atoms with Crippen molar-refractivity contribution in [3.8, 4) is 5.75 Å². The van der Waals surface area contributed by atoms with Crippen LogP contribution < -0.4 is 4.74 Å². The molecule has 0 saturated carbocycles. The molecule has 0 aromatic heterocycles. The van der Waals surface area contributed by atoms with E-state index in [-0.39, 0.29) is 28.8 Å². The monoisotopic (exact) mass is 378 g/mol. The molecule has 3 nitrogen and oxygen atoms in total. The highest BCUT2D eigenvalue weighted by Gasteiger charge is 2.41. The van der Waals surface area contributed by atoms with Crippen molar-refractivity contribution in [3.63, 3.8) is 0 Å². The first-order valence-corrected chi connectivity index (χ1v) is 12.2. The largest absolute Gasteiger partial charge is 0.483 e. The van der Waals surface area contributed by atoms with Crippen LogP contribution in [0.3, 0.4) is 0 Å². The van der Waals surface area contributed by atoms with Gasteiger partial charge in [0, 0.05) is 12.0 Å². The summed E-state index contributed by atoms with van der Waals surface area (Å²) in [6, 6.07) is 4.55. The van der Waals surface area contributed by atoms with Crippen LogP contribution in [-0.2, 0) is 9.22 Å². The molecule has 0 saturated heterocycles. The second-order valence-corrected chi connectivity index (χ2v) is 13.4. The summed E-state index contributed by atoms with van der Waals surface area (Å²) in [4.78, 5) is 11.3. The molecule has 26 heavy (non-hydrogen) atoms. The number of carbonyl (C=O) groups excluding carboxylic acids is 1. The van der Waals surface area contributed by atoms with Crippen molar-refractivity contribution in [2.45, 2.75) is 77.3 Å². The molecule has 5 heteroatoms. The molecular formula is C21H31FO3Si. The maximum Gasteiger partial charge on any atom is 0.192 e. The second kappa shape index (κ2) is 8.05. The van der Waals surface area contributed by atoms with E-state index in [0.717, 1.165) is 18.4 Å². The molecule has 0 fully saturated rings. The molecular weight excluding hydrogens is 347 g/mol. The maximum atomic E-state index is 13.4. The summed E-state index contributed by atoms with van der Waals surface area (Å²) in [7, 11) is -1.99. The van der Waals surface area contributed by atoms with Gasteiger partial charge in [-0.1, -0.05) is 26.8 Å². The molecule has 144 valence electrons. The van der Waals surface area contributed by atoms with E-state index in [0.29, 0.717) is 12.2 Å². The Labute approximate surface area is 157 Å². The van der Waals surface area contributed by atoms with Gasteiger partial charge in [0.25, 0.3) is 0 Å². The SMILES string of the molecule is CC(=O)CCC[C@@H](O[Si](C)(C)C(C)(C)C)[C@H]1C=Cc2cc(F)ccc2O1. The Bertz CT molecular complexity index is 676. The lowest BCUT2D eigenvalue weighted by Gasteiger charge is -2.41. The summed E-state index contributed by atoms with van der Waals surface area (Å²) < 4.78 is 26.2. The fourth-order valence-corrected chi connectivity index (χ4v) is 4.10. The highest BCUT2D eigenvalue weighted by Crippen LogP contribution is 2.39. The number of Topliss-reactive ketones (excluding diaryl/α,β-unsaturated/α-hetero) is 1. The number of ketones is 1. The highest BCUT2D eigenvalue weighted by molar-refractivity contribution is 6.74. The Morgan fingerprint density at radius 3 is 2.65 bits per heavy atom. The van der Waals surface area contributed by atoms with Gasteiger partial charge in [-0.05, 0) is 62.2 Å². The van der Waals surface area contributed by atoms with Gasteiger partial charge in [-0.3, -0.25) is 0 Å². The van der Waals surface area contributed by atoms with E-state index >= 15 is 0 Å². The molecule has 0 aliphatic carbocycles. The summed E-state index contributed by atoms with van der Waals surface area (Å²) in [6.45, 7) is 12.7. The third-order valence-electron chi connectivity index (χ3n) is 5.34.